The van der Waals surface area contributed by atoms with Crippen molar-refractivity contribution in [2.45, 2.75) is 39.5 Å². The van der Waals surface area contributed by atoms with E-state index < -0.39 is 0 Å². The van der Waals surface area contributed by atoms with Crippen LogP contribution in [0.4, 0.5) is 5.69 Å². The Bertz CT molecular complexity index is 1120. The van der Waals surface area contributed by atoms with Gasteiger partial charge in [0.15, 0.2) is 0 Å². The van der Waals surface area contributed by atoms with Gasteiger partial charge in [-0.05, 0) is 68.8 Å². The van der Waals surface area contributed by atoms with Gasteiger partial charge in [-0.15, -0.1) is 0 Å². The first kappa shape index (κ1) is 25.2. The molecule has 0 bridgehead atoms. The number of aromatic nitrogens is 1. The second-order valence-corrected chi connectivity index (χ2v) is 10.2. The molecule has 2 aromatic carbocycles. The molecule has 184 valence electrons. The molecule has 1 aromatic heterocycles. The number of ether oxygens (including phenoxy) is 1. The standard InChI is InChI=1S/C28H33ClN4O2/c1-28(2,3)33-16-14-32(15-17-33)19-21-7-9-22(10-8-21)27(34)31-23-11-12-26(25(29)18-23)35-20-24-6-4-5-13-30-24/h4-13,18H,14-17,19-20H2,1-3H3,(H,31,34). The summed E-state index contributed by atoms with van der Waals surface area (Å²) in [6, 6.07) is 18.7. The summed E-state index contributed by atoms with van der Waals surface area (Å²) in [5, 5.41) is 3.34. The number of halogens is 1. The van der Waals surface area contributed by atoms with Crippen molar-refractivity contribution < 1.29 is 9.53 Å². The van der Waals surface area contributed by atoms with Crippen molar-refractivity contribution in [2.24, 2.45) is 0 Å². The molecule has 0 saturated carbocycles. The van der Waals surface area contributed by atoms with Crippen molar-refractivity contribution in [1.82, 2.24) is 14.8 Å². The topological polar surface area (TPSA) is 57.7 Å². The lowest BCUT2D eigenvalue weighted by Crippen LogP contribution is -2.53. The molecule has 0 spiro atoms. The summed E-state index contributed by atoms with van der Waals surface area (Å²) in [6.07, 6.45) is 1.72. The summed E-state index contributed by atoms with van der Waals surface area (Å²) in [6.45, 7) is 12.3. The van der Waals surface area contributed by atoms with E-state index in [1.807, 2.05) is 42.5 Å². The van der Waals surface area contributed by atoms with Crippen LogP contribution in [0.15, 0.2) is 66.9 Å². The highest BCUT2D eigenvalue weighted by Crippen LogP contribution is 2.28. The van der Waals surface area contributed by atoms with Gasteiger partial charge in [-0.25, -0.2) is 0 Å². The minimum atomic E-state index is -0.173. The number of carbonyl (C=O) groups excluding carboxylic acids is 1. The molecule has 1 aliphatic heterocycles. The predicted octanol–water partition coefficient (Wildman–Crippen LogP) is 5.48. The third-order valence-electron chi connectivity index (χ3n) is 6.23. The molecular formula is C28H33ClN4O2. The third kappa shape index (κ3) is 7.04. The minimum absolute atomic E-state index is 0.173. The van der Waals surface area contributed by atoms with Crippen molar-refractivity contribution in [1.29, 1.82) is 0 Å². The summed E-state index contributed by atoms with van der Waals surface area (Å²) >= 11 is 6.37. The molecule has 3 aromatic rings. The molecule has 4 rings (SSSR count). The molecule has 1 amide bonds. The van der Waals surface area contributed by atoms with Gasteiger partial charge in [-0.1, -0.05) is 29.8 Å². The average Bonchev–Trinajstić information content (AvgIpc) is 2.84. The van der Waals surface area contributed by atoms with E-state index in [0.717, 1.165) is 38.4 Å². The number of nitrogens with one attached hydrogen (secondary N) is 1. The zero-order chi connectivity index (χ0) is 24.8. The van der Waals surface area contributed by atoms with Gasteiger partial charge in [0, 0.05) is 55.7 Å². The highest BCUT2D eigenvalue weighted by Gasteiger charge is 2.25. The summed E-state index contributed by atoms with van der Waals surface area (Å²) in [4.78, 5) is 22.0. The normalized spacial score (nSPS) is 15.1. The van der Waals surface area contributed by atoms with Crippen LogP contribution in [-0.2, 0) is 13.2 Å². The second kappa shape index (κ2) is 11.2. The molecule has 6 nitrogen and oxygen atoms in total. The Morgan fingerprint density at radius 1 is 1.03 bits per heavy atom. The van der Waals surface area contributed by atoms with Crippen LogP contribution in [0.2, 0.25) is 5.02 Å². The number of piperazine rings is 1. The molecular weight excluding hydrogens is 460 g/mol. The van der Waals surface area contributed by atoms with Gasteiger partial charge in [-0.2, -0.15) is 0 Å². The van der Waals surface area contributed by atoms with Gasteiger partial charge < -0.3 is 10.1 Å². The Hall–Kier alpha value is -2.93. The maximum atomic E-state index is 12.7. The number of hydrogen-bond acceptors (Lipinski definition) is 5. The quantitative estimate of drug-likeness (QED) is 0.473. The van der Waals surface area contributed by atoms with Gasteiger partial charge in [0.25, 0.3) is 5.91 Å². The third-order valence-corrected chi connectivity index (χ3v) is 6.53. The average molecular weight is 493 g/mol. The first-order valence-electron chi connectivity index (χ1n) is 12.0. The maximum Gasteiger partial charge on any atom is 0.255 e. The number of nitrogens with zero attached hydrogens (tertiary/aromatic N) is 3. The Balaban J connectivity index is 1.28. The maximum absolute atomic E-state index is 12.7. The first-order chi connectivity index (χ1) is 16.8. The summed E-state index contributed by atoms with van der Waals surface area (Å²) in [5.41, 5.74) is 3.47. The molecule has 35 heavy (non-hydrogen) atoms. The summed E-state index contributed by atoms with van der Waals surface area (Å²) in [5.74, 6) is 0.372. The van der Waals surface area contributed by atoms with E-state index in [1.165, 1.54) is 5.56 Å². The van der Waals surface area contributed by atoms with Crippen molar-refractivity contribution >= 4 is 23.2 Å². The van der Waals surface area contributed by atoms with Gasteiger partial charge in [0.05, 0.1) is 10.7 Å². The Labute approximate surface area is 212 Å². The summed E-state index contributed by atoms with van der Waals surface area (Å²) < 4.78 is 5.75. The van der Waals surface area contributed by atoms with Crippen molar-refractivity contribution in [2.75, 3.05) is 31.5 Å². The van der Waals surface area contributed by atoms with Crippen molar-refractivity contribution in [3.05, 3.63) is 88.7 Å². The monoisotopic (exact) mass is 492 g/mol. The molecule has 7 heteroatoms. The van der Waals surface area contributed by atoms with Crippen LogP contribution < -0.4 is 10.1 Å². The number of carbonyl (C=O) groups is 1. The molecule has 0 atom stereocenters. The van der Waals surface area contributed by atoms with Crippen molar-refractivity contribution in [3.8, 4) is 5.75 Å². The summed E-state index contributed by atoms with van der Waals surface area (Å²) in [7, 11) is 0. The Morgan fingerprint density at radius 3 is 2.40 bits per heavy atom. The van der Waals surface area contributed by atoms with Gasteiger partial charge >= 0.3 is 0 Å². The zero-order valence-electron chi connectivity index (χ0n) is 20.6. The lowest BCUT2D eigenvalue weighted by atomic mass is 10.0. The van der Waals surface area contributed by atoms with E-state index in [4.69, 9.17) is 16.3 Å². The van der Waals surface area contributed by atoms with E-state index in [-0.39, 0.29) is 11.4 Å². The van der Waals surface area contributed by atoms with E-state index in [1.54, 1.807) is 24.4 Å². The van der Waals surface area contributed by atoms with Crippen LogP contribution in [0, 0.1) is 0 Å². The Kier molecular flexibility index (Phi) is 8.06. The van der Waals surface area contributed by atoms with E-state index in [2.05, 4.69) is 40.9 Å². The number of amides is 1. The molecule has 1 saturated heterocycles. The number of hydrogen-bond donors (Lipinski definition) is 1. The highest BCUT2D eigenvalue weighted by atomic mass is 35.5. The van der Waals surface area contributed by atoms with Crippen LogP contribution in [0.5, 0.6) is 5.75 Å². The van der Waals surface area contributed by atoms with Gasteiger partial charge in [-0.3, -0.25) is 19.6 Å². The fraction of sp³-hybridized carbons (Fsp3) is 0.357. The fourth-order valence-corrected chi connectivity index (χ4v) is 4.37. The van der Waals surface area contributed by atoms with Crippen LogP contribution in [0.1, 0.15) is 42.4 Å². The van der Waals surface area contributed by atoms with Gasteiger partial charge in [0.1, 0.15) is 12.4 Å². The van der Waals surface area contributed by atoms with E-state index in [0.29, 0.717) is 28.6 Å². The van der Waals surface area contributed by atoms with Crippen LogP contribution in [0.25, 0.3) is 0 Å². The smallest absolute Gasteiger partial charge is 0.255 e. The van der Waals surface area contributed by atoms with Gasteiger partial charge in [0.2, 0.25) is 0 Å². The largest absolute Gasteiger partial charge is 0.486 e. The molecule has 1 N–H and O–H groups in total. The molecule has 0 radical (unpaired) electrons. The minimum Gasteiger partial charge on any atom is -0.486 e. The molecule has 1 fully saturated rings. The number of benzene rings is 2. The fourth-order valence-electron chi connectivity index (χ4n) is 4.13. The number of pyridine rings is 1. The Morgan fingerprint density at radius 2 is 1.77 bits per heavy atom. The predicted molar refractivity (Wildman–Crippen MR) is 141 cm³/mol. The number of anilines is 1. The molecule has 2 heterocycles. The molecule has 0 aliphatic carbocycles. The zero-order valence-corrected chi connectivity index (χ0v) is 21.4. The van der Waals surface area contributed by atoms with Crippen LogP contribution >= 0.6 is 11.6 Å². The van der Waals surface area contributed by atoms with Crippen LogP contribution in [-0.4, -0.2) is 52.4 Å². The van der Waals surface area contributed by atoms with E-state index in [9.17, 15) is 4.79 Å². The molecule has 1 aliphatic rings. The van der Waals surface area contributed by atoms with E-state index >= 15 is 0 Å². The second-order valence-electron chi connectivity index (χ2n) is 9.84. The first-order valence-corrected chi connectivity index (χ1v) is 12.4. The highest BCUT2D eigenvalue weighted by molar-refractivity contribution is 6.32. The van der Waals surface area contributed by atoms with Crippen LogP contribution in [0.3, 0.4) is 0 Å². The molecule has 0 unspecified atom stereocenters. The number of rotatable bonds is 7. The van der Waals surface area contributed by atoms with Crippen molar-refractivity contribution in [3.63, 3.8) is 0 Å². The SMILES string of the molecule is CC(C)(C)N1CCN(Cc2ccc(C(=O)Nc3ccc(OCc4ccccn4)c(Cl)c3)cc2)CC1. The lowest BCUT2D eigenvalue weighted by Gasteiger charge is -2.42. The lowest BCUT2D eigenvalue weighted by molar-refractivity contribution is 0.0591.